The number of aliphatic carboxylic acids is 1. The van der Waals surface area contributed by atoms with Crippen molar-refractivity contribution in [2.24, 2.45) is 0 Å². The first-order chi connectivity index (χ1) is 9.51. The Bertz CT molecular complexity index is 492. The summed E-state index contributed by atoms with van der Waals surface area (Å²) in [5.74, 6) is -0.205. The smallest absolute Gasteiger partial charge is 0.304 e. The van der Waals surface area contributed by atoms with E-state index in [1.165, 1.54) is 0 Å². The maximum atomic E-state index is 10.7. The number of nitrogens with one attached hydrogen (secondary N) is 2. The van der Waals surface area contributed by atoms with Crippen molar-refractivity contribution in [3.8, 4) is 5.75 Å². The van der Waals surface area contributed by atoms with Gasteiger partial charge in [-0.25, -0.2) is 0 Å². The number of carbonyl (C=O) groups is 1. The van der Waals surface area contributed by atoms with E-state index in [2.05, 4.69) is 10.6 Å². The molecule has 3 atom stereocenters. The fourth-order valence-corrected chi connectivity index (χ4v) is 2.37. The van der Waals surface area contributed by atoms with E-state index >= 15 is 0 Å². The summed E-state index contributed by atoms with van der Waals surface area (Å²) in [6.45, 7) is 2.09. The Morgan fingerprint density at radius 1 is 1.55 bits per heavy atom. The Labute approximate surface area is 117 Å². The SMILES string of the molecule is CNc1ccc2c(c1)OC[C@@H](NC(C)CC(=O)O)[C@H]2O. The highest BCUT2D eigenvalue weighted by atomic mass is 16.5. The van der Waals surface area contributed by atoms with E-state index in [1.54, 1.807) is 6.92 Å². The molecular weight excluding hydrogens is 260 g/mol. The standard InChI is InChI=1S/C14H20N2O4/c1-8(5-13(17)18)16-11-7-20-12-6-9(15-2)3-4-10(12)14(11)19/h3-4,6,8,11,14-16,19H,5,7H2,1-2H3,(H,17,18)/t8?,11-,14+/m1/s1. The van der Waals surface area contributed by atoms with Crippen LogP contribution in [0.15, 0.2) is 18.2 Å². The van der Waals surface area contributed by atoms with Crippen LogP contribution in [0.25, 0.3) is 0 Å². The number of rotatable bonds is 5. The lowest BCUT2D eigenvalue weighted by Crippen LogP contribution is -2.47. The molecule has 6 heteroatoms. The summed E-state index contributed by atoms with van der Waals surface area (Å²) >= 11 is 0. The van der Waals surface area contributed by atoms with Crippen LogP contribution in [0.5, 0.6) is 5.75 Å². The third kappa shape index (κ3) is 3.20. The summed E-state index contributed by atoms with van der Waals surface area (Å²) in [4.78, 5) is 10.7. The lowest BCUT2D eigenvalue weighted by Gasteiger charge is -2.33. The first-order valence-corrected chi connectivity index (χ1v) is 6.61. The summed E-state index contributed by atoms with van der Waals surface area (Å²) in [5, 5.41) is 25.2. The summed E-state index contributed by atoms with van der Waals surface area (Å²) in [5.41, 5.74) is 1.64. The summed E-state index contributed by atoms with van der Waals surface area (Å²) in [6.07, 6.45) is -0.699. The summed E-state index contributed by atoms with van der Waals surface area (Å²) < 4.78 is 5.64. The zero-order valence-corrected chi connectivity index (χ0v) is 11.6. The minimum Gasteiger partial charge on any atom is -0.491 e. The van der Waals surface area contributed by atoms with Crippen LogP contribution in [-0.4, -0.2) is 41.9 Å². The van der Waals surface area contributed by atoms with Crippen molar-refractivity contribution in [2.45, 2.75) is 31.5 Å². The molecule has 1 heterocycles. The van der Waals surface area contributed by atoms with Gasteiger partial charge in [0.25, 0.3) is 0 Å². The molecule has 0 saturated heterocycles. The van der Waals surface area contributed by atoms with Gasteiger partial charge < -0.3 is 25.6 Å². The van der Waals surface area contributed by atoms with Gasteiger partial charge in [-0.15, -0.1) is 0 Å². The maximum Gasteiger partial charge on any atom is 0.304 e. The minimum atomic E-state index is -0.865. The molecule has 20 heavy (non-hydrogen) atoms. The number of benzene rings is 1. The molecule has 0 spiro atoms. The second kappa shape index (κ2) is 6.11. The summed E-state index contributed by atoms with van der Waals surface area (Å²) in [7, 11) is 1.82. The molecule has 0 amide bonds. The molecule has 6 nitrogen and oxygen atoms in total. The van der Waals surface area contributed by atoms with E-state index in [1.807, 2.05) is 25.2 Å². The molecule has 1 aliphatic heterocycles. The first-order valence-electron chi connectivity index (χ1n) is 6.61. The molecule has 1 aromatic rings. The number of ether oxygens (including phenoxy) is 1. The number of hydrogen-bond acceptors (Lipinski definition) is 5. The van der Waals surface area contributed by atoms with Crippen molar-refractivity contribution in [1.82, 2.24) is 5.32 Å². The van der Waals surface area contributed by atoms with Crippen molar-refractivity contribution >= 4 is 11.7 Å². The van der Waals surface area contributed by atoms with Gasteiger partial charge in [-0.1, -0.05) is 6.07 Å². The van der Waals surface area contributed by atoms with E-state index < -0.39 is 12.1 Å². The Morgan fingerprint density at radius 2 is 2.30 bits per heavy atom. The van der Waals surface area contributed by atoms with Crippen molar-refractivity contribution in [3.63, 3.8) is 0 Å². The van der Waals surface area contributed by atoms with Crippen molar-refractivity contribution < 1.29 is 19.7 Å². The van der Waals surface area contributed by atoms with Crippen LogP contribution in [0.3, 0.4) is 0 Å². The number of fused-ring (bicyclic) bond motifs is 1. The maximum absolute atomic E-state index is 10.7. The Morgan fingerprint density at radius 3 is 2.95 bits per heavy atom. The highest BCUT2D eigenvalue weighted by Gasteiger charge is 2.30. The summed E-state index contributed by atoms with van der Waals surface area (Å²) in [6, 6.07) is 5.00. The van der Waals surface area contributed by atoms with E-state index in [-0.39, 0.29) is 18.5 Å². The minimum absolute atomic E-state index is 0.00870. The zero-order valence-electron chi connectivity index (χ0n) is 11.6. The number of carboxylic acid groups (broad SMARTS) is 1. The molecule has 0 fully saturated rings. The molecule has 0 aliphatic carbocycles. The predicted octanol–water partition coefficient (Wildman–Crippen LogP) is 0.975. The van der Waals surface area contributed by atoms with Gasteiger partial charge in [0.1, 0.15) is 18.5 Å². The quantitative estimate of drug-likeness (QED) is 0.642. The van der Waals surface area contributed by atoms with Crippen LogP contribution in [0, 0.1) is 0 Å². The molecule has 0 radical (unpaired) electrons. The van der Waals surface area contributed by atoms with Crippen molar-refractivity contribution in [2.75, 3.05) is 19.0 Å². The van der Waals surface area contributed by atoms with E-state index in [0.29, 0.717) is 12.4 Å². The molecular formula is C14H20N2O4. The van der Waals surface area contributed by atoms with Gasteiger partial charge in [-0.05, 0) is 13.0 Å². The third-order valence-corrected chi connectivity index (χ3v) is 3.40. The monoisotopic (exact) mass is 280 g/mol. The van der Waals surface area contributed by atoms with Gasteiger partial charge in [0.05, 0.1) is 12.5 Å². The van der Waals surface area contributed by atoms with Crippen molar-refractivity contribution in [1.29, 1.82) is 0 Å². The van der Waals surface area contributed by atoms with Crippen LogP contribution in [-0.2, 0) is 4.79 Å². The van der Waals surface area contributed by atoms with E-state index in [0.717, 1.165) is 11.3 Å². The molecule has 110 valence electrons. The molecule has 2 rings (SSSR count). The molecule has 0 saturated carbocycles. The molecule has 1 unspecified atom stereocenters. The van der Waals surface area contributed by atoms with Crippen LogP contribution in [0.4, 0.5) is 5.69 Å². The normalized spacial score (nSPS) is 22.6. The van der Waals surface area contributed by atoms with Gasteiger partial charge in [0.15, 0.2) is 0 Å². The highest BCUT2D eigenvalue weighted by molar-refractivity contribution is 5.67. The average molecular weight is 280 g/mol. The molecule has 0 aromatic heterocycles. The topological polar surface area (TPSA) is 90.8 Å². The van der Waals surface area contributed by atoms with Gasteiger partial charge in [-0.3, -0.25) is 4.79 Å². The number of aliphatic hydroxyl groups excluding tert-OH is 1. The van der Waals surface area contributed by atoms with E-state index in [9.17, 15) is 9.90 Å². The lowest BCUT2D eigenvalue weighted by atomic mass is 9.98. The van der Waals surface area contributed by atoms with Gasteiger partial charge in [0.2, 0.25) is 0 Å². The number of aliphatic hydroxyl groups is 1. The fourth-order valence-electron chi connectivity index (χ4n) is 2.37. The van der Waals surface area contributed by atoms with Gasteiger partial charge >= 0.3 is 5.97 Å². The lowest BCUT2D eigenvalue weighted by molar-refractivity contribution is -0.137. The molecule has 0 bridgehead atoms. The molecule has 1 aromatic carbocycles. The predicted molar refractivity (Wildman–Crippen MR) is 75.1 cm³/mol. The van der Waals surface area contributed by atoms with Crippen molar-refractivity contribution in [3.05, 3.63) is 23.8 Å². The van der Waals surface area contributed by atoms with Crippen LogP contribution in [0.1, 0.15) is 25.0 Å². The van der Waals surface area contributed by atoms with Gasteiger partial charge in [0, 0.05) is 30.4 Å². The number of carboxylic acids is 1. The Kier molecular flexibility index (Phi) is 4.46. The highest BCUT2D eigenvalue weighted by Crippen LogP contribution is 2.34. The van der Waals surface area contributed by atoms with Gasteiger partial charge in [-0.2, -0.15) is 0 Å². The van der Waals surface area contributed by atoms with Crippen LogP contribution in [0.2, 0.25) is 0 Å². The molecule has 4 N–H and O–H groups in total. The first kappa shape index (κ1) is 14.6. The third-order valence-electron chi connectivity index (χ3n) is 3.40. The second-order valence-electron chi connectivity index (χ2n) is 5.03. The second-order valence-corrected chi connectivity index (χ2v) is 5.03. The largest absolute Gasteiger partial charge is 0.491 e. The Balaban J connectivity index is 2.07. The van der Waals surface area contributed by atoms with Crippen LogP contribution >= 0.6 is 0 Å². The fraction of sp³-hybridized carbons (Fsp3) is 0.500. The molecule has 1 aliphatic rings. The number of hydrogen-bond donors (Lipinski definition) is 4. The number of anilines is 1. The van der Waals surface area contributed by atoms with Crippen LogP contribution < -0.4 is 15.4 Å². The van der Waals surface area contributed by atoms with E-state index in [4.69, 9.17) is 9.84 Å². The Hall–Kier alpha value is -1.79. The zero-order chi connectivity index (χ0) is 14.7. The average Bonchev–Trinajstić information content (AvgIpc) is 2.40.